The number of ketones is 1. The average molecular weight is 146 g/mol. The van der Waals surface area contributed by atoms with E-state index in [0.29, 0.717) is 6.42 Å². The van der Waals surface area contributed by atoms with Gasteiger partial charge in [0.25, 0.3) is 0 Å². The largest absolute Gasteiger partial charge is 0.393 e. The maximum Gasteiger partial charge on any atom is 0.163 e. The maximum absolute atomic E-state index is 10.8. The van der Waals surface area contributed by atoms with Gasteiger partial charge in [-0.2, -0.15) is 0 Å². The minimum absolute atomic E-state index is 0.0506. The van der Waals surface area contributed by atoms with E-state index in [0.717, 1.165) is 0 Å². The molecule has 2 atom stereocenters. The van der Waals surface area contributed by atoms with Gasteiger partial charge in [-0.25, -0.2) is 0 Å². The van der Waals surface area contributed by atoms with Crippen LogP contribution in [0.4, 0.5) is 0 Å². The van der Waals surface area contributed by atoms with E-state index in [9.17, 15) is 4.79 Å². The SMILES string of the molecule is CCC(O)C(=O)CC(C)O. The van der Waals surface area contributed by atoms with Crippen molar-refractivity contribution in [2.45, 2.75) is 38.9 Å². The predicted octanol–water partition coefficient (Wildman–Crippen LogP) is 0.0973. The summed E-state index contributed by atoms with van der Waals surface area (Å²) in [4.78, 5) is 10.8. The maximum atomic E-state index is 10.8. The topological polar surface area (TPSA) is 57.5 Å². The smallest absolute Gasteiger partial charge is 0.163 e. The highest BCUT2D eigenvalue weighted by Crippen LogP contribution is 1.99. The van der Waals surface area contributed by atoms with Crippen molar-refractivity contribution in [2.24, 2.45) is 0 Å². The van der Waals surface area contributed by atoms with Gasteiger partial charge in [-0.05, 0) is 13.3 Å². The minimum Gasteiger partial charge on any atom is -0.393 e. The van der Waals surface area contributed by atoms with Crippen LogP contribution in [-0.4, -0.2) is 28.2 Å². The molecule has 2 N–H and O–H groups in total. The Morgan fingerprint density at radius 2 is 2.00 bits per heavy atom. The summed E-state index contributed by atoms with van der Waals surface area (Å²) in [7, 11) is 0. The van der Waals surface area contributed by atoms with E-state index in [1.165, 1.54) is 6.92 Å². The van der Waals surface area contributed by atoms with E-state index >= 15 is 0 Å². The van der Waals surface area contributed by atoms with Crippen LogP contribution in [-0.2, 0) is 4.79 Å². The van der Waals surface area contributed by atoms with Gasteiger partial charge in [-0.15, -0.1) is 0 Å². The first kappa shape index (κ1) is 9.59. The lowest BCUT2D eigenvalue weighted by molar-refractivity contribution is -0.128. The summed E-state index contributed by atoms with van der Waals surface area (Å²) in [6.07, 6.45) is -1.07. The van der Waals surface area contributed by atoms with Crippen LogP contribution in [0.1, 0.15) is 26.7 Å². The van der Waals surface area contributed by atoms with Gasteiger partial charge < -0.3 is 10.2 Å². The van der Waals surface area contributed by atoms with Gasteiger partial charge in [0.05, 0.1) is 6.10 Å². The Hall–Kier alpha value is -0.410. The number of carbonyl (C=O) groups excluding carboxylic acids is 1. The zero-order valence-corrected chi connectivity index (χ0v) is 6.37. The van der Waals surface area contributed by atoms with Gasteiger partial charge in [0, 0.05) is 6.42 Å². The van der Waals surface area contributed by atoms with Gasteiger partial charge in [0.2, 0.25) is 0 Å². The molecule has 0 saturated carbocycles. The second-order valence-corrected chi connectivity index (χ2v) is 2.44. The van der Waals surface area contributed by atoms with Crippen molar-refractivity contribution in [3.8, 4) is 0 Å². The average Bonchev–Trinajstić information content (AvgIpc) is 1.85. The Balaban J connectivity index is 3.62. The summed E-state index contributed by atoms with van der Waals surface area (Å²) < 4.78 is 0. The van der Waals surface area contributed by atoms with Crippen molar-refractivity contribution in [1.29, 1.82) is 0 Å². The number of rotatable bonds is 4. The van der Waals surface area contributed by atoms with E-state index in [1.807, 2.05) is 0 Å². The quantitative estimate of drug-likeness (QED) is 0.591. The van der Waals surface area contributed by atoms with Gasteiger partial charge in [-0.3, -0.25) is 4.79 Å². The lowest BCUT2D eigenvalue weighted by Gasteiger charge is -2.07. The summed E-state index contributed by atoms with van der Waals surface area (Å²) in [5, 5.41) is 17.6. The molecule has 0 heterocycles. The zero-order valence-electron chi connectivity index (χ0n) is 6.37. The fourth-order valence-electron chi connectivity index (χ4n) is 0.655. The number of aliphatic hydroxyl groups excluding tert-OH is 2. The third-order valence-corrected chi connectivity index (χ3v) is 1.25. The van der Waals surface area contributed by atoms with Crippen molar-refractivity contribution in [3.05, 3.63) is 0 Å². The van der Waals surface area contributed by atoms with E-state index in [-0.39, 0.29) is 12.2 Å². The number of hydrogen-bond donors (Lipinski definition) is 2. The second kappa shape index (κ2) is 4.41. The van der Waals surface area contributed by atoms with E-state index in [1.54, 1.807) is 6.92 Å². The third-order valence-electron chi connectivity index (χ3n) is 1.25. The summed E-state index contributed by atoms with van der Waals surface area (Å²) in [5.74, 6) is -0.280. The first-order valence-corrected chi connectivity index (χ1v) is 3.46. The van der Waals surface area contributed by atoms with Crippen LogP contribution in [0.5, 0.6) is 0 Å². The normalized spacial score (nSPS) is 16.4. The molecule has 2 unspecified atom stereocenters. The Bertz CT molecular complexity index is 109. The van der Waals surface area contributed by atoms with E-state index in [2.05, 4.69) is 0 Å². The summed E-state index contributed by atoms with van der Waals surface area (Å²) >= 11 is 0. The molecule has 0 rings (SSSR count). The third kappa shape index (κ3) is 3.58. The van der Waals surface area contributed by atoms with Crippen LogP contribution >= 0.6 is 0 Å². The molecule has 0 saturated heterocycles. The van der Waals surface area contributed by atoms with E-state index < -0.39 is 12.2 Å². The second-order valence-electron chi connectivity index (χ2n) is 2.44. The Morgan fingerprint density at radius 3 is 2.30 bits per heavy atom. The first-order valence-electron chi connectivity index (χ1n) is 3.46. The fraction of sp³-hybridized carbons (Fsp3) is 0.857. The lowest BCUT2D eigenvalue weighted by Crippen LogP contribution is -2.22. The molecule has 3 heteroatoms. The number of carbonyl (C=O) groups is 1. The molecule has 0 aliphatic rings. The molecule has 0 spiro atoms. The van der Waals surface area contributed by atoms with Crippen LogP contribution in [0.25, 0.3) is 0 Å². The molecule has 0 aromatic rings. The zero-order chi connectivity index (χ0) is 8.15. The van der Waals surface area contributed by atoms with Crippen molar-refractivity contribution >= 4 is 5.78 Å². The summed E-state index contributed by atoms with van der Waals surface area (Å²) in [5.41, 5.74) is 0. The van der Waals surface area contributed by atoms with Crippen molar-refractivity contribution < 1.29 is 15.0 Å². The minimum atomic E-state index is -0.894. The molecule has 3 nitrogen and oxygen atoms in total. The van der Waals surface area contributed by atoms with Crippen LogP contribution in [0.15, 0.2) is 0 Å². The molecule has 0 aliphatic carbocycles. The molecule has 0 amide bonds. The number of Topliss-reactive ketones (excluding diaryl/α,β-unsaturated/α-hetero) is 1. The Labute approximate surface area is 60.7 Å². The molecule has 0 fully saturated rings. The molecule has 0 aromatic carbocycles. The van der Waals surface area contributed by atoms with Crippen molar-refractivity contribution in [2.75, 3.05) is 0 Å². The molecular formula is C7H14O3. The molecular weight excluding hydrogens is 132 g/mol. The molecule has 0 aromatic heterocycles. The van der Waals surface area contributed by atoms with Crippen LogP contribution < -0.4 is 0 Å². The molecule has 10 heavy (non-hydrogen) atoms. The van der Waals surface area contributed by atoms with Gasteiger partial charge in [0.1, 0.15) is 6.10 Å². The summed E-state index contributed by atoms with van der Waals surface area (Å²) in [6.45, 7) is 3.25. The Kier molecular flexibility index (Phi) is 4.23. The van der Waals surface area contributed by atoms with Gasteiger partial charge in [0.15, 0.2) is 5.78 Å². The monoisotopic (exact) mass is 146 g/mol. The molecule has 0 aliphatic heterocycles. The van der Waals surface area contributed by atoms with E-state index in [4.69, 9.17) is 10.2 Å². The highest BCUT2D eigenvalue weighted by molar-refractivity contribution is 5.83. The van der Waals surface area contributed by atoms with Crippen LogP contribution in [0.3, 0.4) is 0 Å². The molecule has 0 bridgehead atoms. The molecule has 60 valence electrons. The van der Waals surface area contributed by atoms with Crippen molar-refractivity contribution in [1.82, 2.24) is 0 Å². The predicted molar refractivity (Wildman–Crippen MR) is 37.6 cm³/mol. The van der Waals surface area contributed by atoms with Crippen molar-refractivity contribution in [3.63, 3.8) is 0 Å². The Morgan fingerprint density at radius 1 is 1.50 bits per heavy atom. The lowest BCUT2D eigenvalue weighted by atomic mass is 10.1. The van der Waals surface area contributed by atoms with Gasteiger partial charge >= 0.3 is 0 Å². The number of hydrogen-bond acceptors (Lipinski definition) is 3. The molecule has 0 radical (unpaired) electrons. The van der Waals surface area contributed by atoms with Gasteiger partial charge in [-0.1, -0.05) is 6.92 Å². The highest BCUT2D eigenvalue weighted by Gasteiger charge is 2.13. The summed E-state index contributed by atoms with van der Waals surface area (Å²) in [6, 6.07) is 0. The van der Waals surface area contributed by atoms with Crippen LogP contribution in [0.2, 0.25) is 0 Å². The van der Waals surface area contributed by atoms with Crippen LogP contribution in [0, 0.1) is 0 Å². The highest BCUT2D eigenvalue weighted by atomic mass is 16.3. The number of aliphatic hydroxyl groups is 2. The first-order chi connectivity index (χ1) is 4.57. The fourth-order valence-corrected chi connectivity index (χ4v) is 0.655. The standard InChI is InChI=1S/C7H14O3/c1-3-6(9)7(10)4-5(2)8/h5-6,8-9H,3-4H2,1-2H3.